The zero-order chi connectivity index (χ0) is 28.5. The van der Waals surface area contributed by atoms with Gasteiger partial charge in [-0.2, -0.15) is 0 Å². The number of aromatic nitrogens is 1. The maximum atomic E-state index is 13.6. The number of rotatable bonds is 10. The van der Waals surface area contributed by atoms with Crippen molar-refractivity contribution in [1.82, 2.24) is 10.1 Å². The molecule has 5 rings (SSSR count). The second-order valence-electron chi connectivity index (χ2n) is 10.7. The fourth-order valence-corrected chi connectivity index (χ4v) is 6.90. The number of aryl methyl sites for hydroxylation is 1. The van der Waals surface area contributed by atoms with Gasteiger partial charge in [0.2, 0.25) is 5.88 Å². The number of aliphatic hydroxyl groups excluding tert-OH is 1. The van der Waals surface area contributed by atoms with Crippen LogP contribution in [0.2, 0.25) is 0 Å². The molecule has 2 heterocycles. The highest BCUT2D eigenvalue weighted by Crippen LogP contribution is 2.40. The van der Waals surface area contributed by atoms with Crippen molar-refractivity contribution in [3.8, 4) is 11.1 Å². The van der Waals surface area contributed by atoms with E-state index in [-0.39, 0.29) is 23.3 Å². The first-order valence-electron chi connectivity index (χ1n) is 13.9. The Bertz CT molecular complexity index is 1550. The fraction of sp³-hybridized carbons (Fsp3) is 0.433. The third-order valence-electron chi connectivity index (χ3n) is 8.01. The van der Waals surface area contributed by atoms with Crippen molar-refractivity contribution in [2.24, 2.45) is 4.99 Å². The quantitative estimate of drug-likeness (QED) is 0.335. The van der Waals surface area contributed by atoms with Crippen LogP contribution in [-0.2, 0) is 28.0 Å². The van der Waals surface area contributed by atoms with E-state index in [0.29, 0.717) is 34.5 Å². The van der Waals surface area contributed by atoms with Crippen LogP contribution in [0.3, 0.4) is 0 Å². The number of aliphatic hydroxyl groups is 1. The number of sulfonamides is 1. The molecule has 40 heavy (non-hydrogen) atoms. The molecule has 0 atom stereocenters. The summed E-state index contributed by atoms with van der Waals surface area (Å²) in [5, 5.41) is 14.2. The Labute approximate surface area is 235 Å². The Morgan fingerprint density at radius 1 is 1.10 bits per heavy atom. The summed E-state index contributed by atoms with van der Waals surface area (Å²) >= 11 is 0. The lowest BCUT2D eigenvalue weighted by molar-refractivity contribution is -0.131. The van der Waals surface area contributed by atoms with E-state index in [1.54, 1.807) is 32.0 Å². The number of nitrogens with zero attached hydrogens (tertiary/aromatic N) is 3. The van der Waals surface area contributed by atoms with Gasteiger partial charge in [0, 0.05) is 17.5 Å². The first-order chi connectivity index (χ1) is 19.2. The molecule has 212 valence electrons. The average Bonchev–Trinajstić information content (AvgIpc) is 3.63. The number of hydrogen-bond donors (Lipinski definition) is 2. The first-order valence-corrected chi connectivity index (χ1v) is 15.4. The van der Waals surface area contributed by atoms with Crippen molar-refractivity contribution in [2.75, 3.05) is 4.72 Å². The van der Waals surface area contributed by atoms with Crippen molar-refractivity contribution in [3.05, 3.63) is 64.8 Å². The lowest BCUT2D eigenvalue weighted by Crippen LogP contribution is -2.40. The minimum Gasteiger partial charge on any atom is -0.392 e. The van der Waals surface area contributed by atoms with Gasteiger partial charge in [-0.3, -0.25) is 14.7 Å². The molecule has 10 heteroatoms. The number of hydrogen-bond acceptors (Lipinski definition) is 7. The molecule has 0 radical (unpaired) electrons. The molecular weight excluding hydrogens is 528 g/mol. The second kappa shape index (κ2) is 11.2. The molecule has 1 saturated carbocycles. The van der Waals surface area contributed by atoms with Gasteiger partial charge in [-0.1, -0.05) is 67.7 Å². The van der Waals surface area contributed by atoms with Crippen molar-refractivity contribution in [1.29, 1.82) is 0 Å². The lowest BCUT2D eigenvalue weighted by Gasteiger charge is -2.23. The molecule has 9 nitrogen and oxygen atoms in total. The molecule has 0 bridgehead atoms. The maximum absolute atomic E-state index is 13.6. The molecule has 0 unspecified atom stereocenters. The summed E-state index contributed by atoms with van der Waals surface area (Å²) in [7, 11) is -4.03. The molecule has 2 aliphatic rings. The minimum atomic E-state index is -4.03. The van der Waals surface area contributed by atoms with Gasteiger partial charge in [-0.15, -0.1) is 0 Å². The highest BCUT2D eigenvalue weighted by Gasteiger charge is 2.49. The fourth-order valence-electron chi connectivity index (χ4n) is 5.63. The molecule has 1 spiro atoms. The van der Waals surface area contributed by atoms with E-state index < -0.39 is 15.6 Å². The van der Waals surface area contributed by atoms with Crippen LogP contribution < -0.4 is 4.72 Å². The van der Waals surface area contributed by atoms with E-state index in [4.69, 9.17) is 9.52 Å². The predicted octanol–water partition coefficient (Wildman–Crippen LogP) is 5.50. The smallest absolute Gasteiger partial charge is 0.264 e. The summed E-state index contributed by atoms with van der Waals surface area (Å²) < 4.78 is 34.5. The SMILES string of the molecule is CCCCC1=NC2(CCCC2)C(=O)N1Cc1ccc(-c2ccccc2S(=O)(=O)Nc2onc(C)c2C)c(CO)c1. The Balaban J connectivity index is 1.45. The molecule has 0 saturated heterocycles. The number of aliphatic imine (C=N–C) groups is 1. The van der Waals surface area contributed by atoms with Crippen LogP contribution in [0.15, 0.2) is 56.9 Å². The van der Waals surface area contributed by atoms with Crippen molar-refractivity contribution in [2.45, 2.75) is 89.3 Å². The zero-order valence-corrected chi connectivity index (χ0v) is 24.1. The molecular formula is C30H36N4O5S. The van der Waals surface area contributed by atoms with Crippen LogP contribution in [0.5, 0.6) is 0 Å². The van der Waals surface area contributed by atoms with Gasteiger partial charge in [0.1, 0.15) is 11.4 Å². The van der Waals surface area contributed by atoms with E-state index in [2.05, 4.69) is 16.8 Å². The molecule has 3 aromatic rings. The highest BCUT2D eigenvalue weighted by atomic mass is 32.2. The zero-order valence-electron chi connectivity index (χ0n) is 23.2. The van der Waals surface area contributed by atoms with Crippen LogP contribution in [0, 0.1) is 13.8 Å². The topological polar surface area (TPSA) is 125 Å². The standard InChI is InChI=1S/C30H36N4O5S/c1-4-5-12-27-31-30(15-8-9-16-30)29(36)34(27)18-22-13-14-24(23(17-22)19-35)25-10-6-7-11-26(25)40(37,38)33-28-20(2)21(3)32-39-28/h6-7,10-11,13-14,17,33,35H,4-5,8-9,12,15-16,18-19H2,1-3H3. The number of amidine groups is 1. The number of nitrogens with one attached hydrogen (secondary N) is 1. The number of unbranched alkanes of at least 4 members (excludes halogenated alkanes) is 1. The molecule has 2 N–H and O–H groups in total. The maximum Gasteiger partial charge on any atom is 0.264 e. The van der Waals surface area contributed by atoms with Crippen LogP contribution in [0.25, 0.3) is 11.1 Å². The summed E-state index contributed by atoms with van der Waals surface area (Å²) in [6.45, 7) is 5.67. The second-order valence-corrected chi connectivity index (χ2v) is 12.4. The molecule has 2 aromatic carbocycles. The van der Waals surface area contributed by atoms with Gasteiger partial charge in [-0.05, 0) is 55.9 Å². The van der Waals surface area contributed by atoms with Gasteiger partial charge in [0.15, 0.2) is 0 Å². The normalized spacial score (nSPS) is 16.6. The first kappa shape index (κ1) is 28.0. The summed E-state index contributed by atoms with van der Waals surface area (Å²) in [5.41, 5.74) is 3.07. The van der Waals surface area contributed by atoms with Crippen LogP contribution in [-0.4, -0.2) is 40.9 Å². The third-order valence-corrected chi connectivity index (χ3v) is 9.40. The van der Waals surface area contributed by atoms with Crippen LogP contribution >= 0.6 is 0 Å². The van der Waals surface area contributed by atoms with Crippen LogP contribution in [0.1, 0.15) is 74.3 Å². The highest BCUT2D eigenvalue weighted by molar-refractivity contribution is 7.92. The number of carbonyl (C=O) groups is 1. The molecule has 1 aromatic heterocycles. The Kier molecular flexibility index (Phi) is 7.83. The summed E-state index contributed by atoms with van der Waals surface area (Å²) in [5.74, 6) is 0.996. The van der Waals surface area contributed by atoms with Gasteiger partial charge in [0.05, 0.1) is 23.7 Å². The Morgan fingerprint density at radius 2 is 1.85 bits per heavy atom. The summed E-state index contributed by atoms with van der Waals surface area (Å²) in [4.78, 5) is 20.4. The monoisotopic (exact) mass is 564 g/mol. The van der Waals surface area contributed by atoms with E-state index >= 15 is 0 Å². The van der Waals surface area contributed by atoms with E-state index in [1.807, 2.05) is 23.1 Å². The van der Waals surface area contributed by atoms with Gasteiger partial charge >= 0.3 is 0 Å². The number of benzene rings is 2. The Hall–Kier alpha value is -3.50. The summed E-state index contributed by atoms with van der Waals surface area (Å²) in [6, 6.07) is 12.2. The predicted molar refractivity (Wildman–Crippen MR) is 153 cm³/mol. The Morgan fingerprint density at radius 3 is 2.52 bits per heavy atom. The average molecular weight is 565 g/mol. The van der Waals surface area contributed by atoms with Crippen molar-refractivity contribution >= 4 is 27.7 Å². The number of amides is 1. The summed E-state index contributed by atoms with van der Waals surface area (Å²) in [6.07, 6.45) is 6.37. The molecule has 1 aliphatic carbocycles. The molecule has 1 fully saturated rings. The van der Waals surface area contributed by atoms with E-state index in [0.717, 1.165) is 56.3 Å². The third kappa shape index (κ3) is 5.17. The van der Waals surface area contributed by atoms with Crippen LogP contribution in [0.4, 0.5) is 5.88 Å². The lowest BCUT2D eigenvalue weighted by atomic mass is 9.96. The van der Waals surface area contributed by atoms with Gasteiger partial charge in [0.25, 0.3) is 15.9 Å². The van der Waals surface area contributed by atoms with Crippen molar-refractivity contribution < 1.29 is 22.8 Å². The van der Waals surface area contributed by atoms with E-state index in [1.165, 1.54) is 6.07 Å². The molecule has 1 amide bonds. The largest absolute Gasteiger partial charge is 0.392 e. The number of carbonyl (C=O) groups excluding carboxylic acids is 1. The van der Waals surface area contributed by atoms with Gasteiger partial charge < -0.3 is 9.63 Å². The van der Waals surface area contributed by atoms with Gasteiger partial charge in [-0.25, -0.2) is 13.1 Å². The molecule has 1 aliphatic heterocycles. The van der Waals surface area contributed by atoms with Crippen molar-refractivity contribution in [3.63, 3.8) is 0 Å². The van der Waals surface area contributed by atoms with E-state index in [9.17, 15) is 18.3 Å². The minimum absolute atomic E-state index is 0.0535. The number of anilines is 1.